The van der Waals surface area contributed by atoms with Crippen LogP contribution in [0, 0.1) is 0 Å². The van der Waals surface area contributed by atoms with E-state index in [4.69, 9.17) is 0 Å². The van der Waals surface area contributed by atoms with Gasteiger partial charge < -0.3 is 5.32 Å². The molecule has 0 saturated heterocycles. The summed E-state index contributed by atoms with van der Waals surface area (Å²) in [6, 6.07) is 0. The predicted molar refractivity (Wildman–Crippen MR) is 62.6 cm³/mol. The summed E-state index contributed by atoms with van der Waals surface area (Å²) in [6.07, 6.45) is 6.75. The Morgan fingerprint density at radius 3 is 2.86 bits per heavy atom. The van der Waals surface area contributed by atoms with Gasteiger partial charge in [-0.3, -0.25) is 0 Å². The smallest absolute Gasteiger partial charge is 0.0795 e. The van der Waals surface area contributed by atoms with E-state index in [0.717, 1.165) is 13.1 Å². The van der Waals surface area contributed by atoms with Crippen molar-refractivity contribution in [3.63, 3.8) is 0 Å². The van der Waals surface area contributed by atoms with Gasteiger partial charge in [0.25, 0.3) is 0 Å². The molecule has 0 fully saturated rings. The minimum atomic E-state index is 0.928. The number of nitrogens with one attached hydrogen (secondary N) is 1. The van der Waals surface area contributed by atoms with Crippen molar-refractivity contribution in [1.82, 2.24) is 10.3 Å². The fourth-order valence-electron chi connectivity index (χ4n) is 1.39. The Hall–Kier alpha value is -0.410. The van der Waals surface area contributed by atoms with Gasteiger partial charge in [-0.05, 0) is 13.0 Å². The van der Waals surface area contributed by atoms with Gasteiger partial charge in [-0.25, -0.2) is 4.98 Å². The first-order valence-electron chi connectivity index (χ1n) is 5.51. The Labute approximate surface area is 90.8 Å². The summed E-state index contributed by atoms with van der Waals surface area (Å²) in [5.74, 6) is 0. The average molecular weight is 212 g/mol. The number of unbranched alkanes of at least 4 members (excludes halogenated alkanes) is 4. The summed E-state index contributed by atoms with van der Waals surface area (Å²) in [5.41, 5.74) is 3.06. The highest BCUT2D eigenvalue weighted by Gasteiger charge is 1.93. The summed E-state index contributed by atoms with van der Waals surface area (Å²) >= 11 is 1.66. The third-order valence-electron chi connectivity index (χ3n) is 2.25. The van der Waals surface area contributed by atoms with Crippen molar-refractivity contribution in [3.05, 3.63) is 16.6 Å². The van der Waals surface area contributed by atoms with Crippen LogP contribution >= 0.6 is 11.3 Å². The molecule has 0 bridgehead atoms. The standard InChI is InChI=1S/C11H20N2S/c1-2-3-4-5-6-7-12-8-11-9-14-10-13-11/h9-10,12H,2-8H2,1H3. The van der Waals surface area contributed by atoms with Gasteiger partial charge in [-0.1, -0.05) is 32.6 Å². The summed E-state index contributed by atoms with van der Waals surface area (Å²) in [4.78, 5) is 4.22. The number of rotatable bonds is 8. The fraction of sp³-hybridized carbons (Fsp3) is 0.727. The van der Waals surface area contributed by atoms with Gasteiger partial charge in [0.2, 0.25) is 0 Å². The van der Waals surface area contributed by atoms with Gasteiger partial charge in [0.05, 0.1) is 11.2 Å². The summed E-state index contributed by atoms with van der Waals surface area (Å²) in [6.45, 7) is 4.30. The first kappa shape index (κ1) is 11.7. The number of hydrogen-bond donors (Lipinski definition) is 1. The van der Waals surface area contributed by atoms with Crippen molar-refractivity contribution in [3.8, 4) is 0 Å². The van der Waals surface area contributed by atoms with E-state index in [1.165, 1.54) is 37.8 Å². The SMILES string of the molecule is CCCCCCCNCc1cscn1. The van der Waals surface area contributed by atoms with E-state index in [0.29, 0.717) is 0 Å². The molecule has 2 nitrogen and oxygen atoms in total. The Kier molecular flexibility index (Phi) is 6.62. The second-order valence-electron chi connectivity index (χ2n) is 3.57. The van der Waals surface area contributed by atoms with Gasteiger partial charge >= 0.3 is 0 Å². The molecular formula is C11H20N2S. The highest BCUT2D eigenvalue weighted by Crippen LogP contribution is 2.02. The molecule has 1 aromatic rings. The molecule has 0 aliphatic heterocycles. The molecule has 0 aliphatic carbocycles. The molecule has 1 aromatic heterocycles. The number of nitrogens with zero attached hydrogens (tertiary/aromatic N) is 1. The van der Waals surface area contributed by atoms with Crippen molar-refractivity contribution in [2.24, 2.45) is 0 Å². The third kappa shape index (κ3) is 5.35. The van der Waals surface area contributed by atoms with Crippen LogP contribution in [0.4, 0.5) is 0 Å². The van der Waals surface area contributed by atoms with Crippen LogP contribution in [0.2, 0.25) is 0 Å². The lowest BCUT2D eigenvalue weighted by Crippen LogP contribution is -2.14. The predicted octanol–water partition coefficient (Wildman–Crippen LogP) is 3.20. The zero-order valence-electron chi connectivity index (χ0n) is 8.96. The normalized spacial score (nSPS) is 10.6. The second-order valence-corrected chi connectivity index (χ2v) is 4.29. The van der Waals surface area contributed by atoms with Gasteiger partial charge in [0.1, 0.15) is 0 Å². The number of hydrogen-bond acceptors (Lipinski definition) is 3. The Bertz CT molecular complexity index is 209. The molecule has 3 heteroatoms. The summed E-state index contributed by atoms with van der Waals surface area (Å²) in [7, 11) is 0. The Morgan fingerprint density at radius 1 is 1.29 bits per heavy atom. The highest BCUT2D eigenvalue weighted by atomic mass is 32.1. The molecule has 1 N–H and O–H groups in total. The quantitative estimate of drug-likeness (QED) is 0.669. The van der Waals surface area contributed by atoms with Crippen LogP contribution in [0.1, 0.15) is 44.7 Å². The average Bonchev–Trinajstić information content (AvgIpc) is 2.69. The molecule has 1 rings (SSSR count). The fourth-order valence-corrected chi connectivity index (χ4v) is 1.95. The van der Waals surface area contributed by atoms with Crippen LogP contribution in [0.3, 0.4) is 0 Å². The highest BCUT2D eigenvalue weighted by molar-refractivity contribution is 7.07. The van der Waals surface area contributed by atoms with Crippen molar-refractivity contribution in [2.75, 3.05) is 6.54 Å². The minimum Gasteiger partial charge on any atom is -0.311 e. The number of aromatic nitrogens is 1. The molecule has 0 aromatic carbocycles. The molecule has 0 saturated carbocycles. The van der Waals surface area contributed by atoms with Crippen molar-refractivity contribution < 1.29 is 0 Å². The molecular weight excluding hydrogens is 192 g/mol. The first-order chi connectivity index (χ1) is 6.93. The lowest BCUT2D eigenvalue weighted by Gasteiger charge is -2.02. The summed E-state index contributed by atoms with van der Waals surface area (Å²) in [5, 5.41) is 5.51. The van der Waals surface area contributed by atoms with Gasteiger partial charge in [-0.15, -0.1) is 11.3 Å². The molecule has 0 atom stereocenters. The maximum atomic E-state index is 4.22. The van der Waals surface area contributed by atoms with E-state index in [1.54, 1.807) is 11.3 Å². The maximum absolute atomic E-state index is 4.22. The maximum Gasteiger partial charge on any atom is 0.0795 e. The lowest BCUT2D eigenvalue weighted by atomic mass is 10.1. The van der Waals surface area contributed by atoms with Crippen molar-refractivity contribution in [1.29, 1.82) is 0 Å². The third-order valence-corrected chi connectivity index (χ3v) is 2.88. The van der Waals surface area contributed by atoms with Crippen LogP contribution in [0.15, 0.2) is 10.9 Å². The van der Waals surface area contributed by atoms with Crippen LogP contribution in [0.5, 0.6) is 0 Å². The van der Waals surface area contributed by atoms with Crippen molar-refractivity contribution in [2.45, 2.75) is 45.6 Å². The van der Waals surface area contributed by atoms with Crippen molar-refractivity contribution >= 4 is 11.3 Å². The Morgan fingerprint density at radius 2 is 2.14 bits per heavy atom. The van der Waals surface area contributed by atoms with Gasteiger partial charge in [0.15, 0.2) is 0 Å². The topological polar surface area (TPSA) is 24.9 Å². The number of thiazole rings is 1. The van der Waals surface area contributed by atoms with E-state index >= 15 is 0 Å². The van der Waals surface area contributed by atoms with Gasteiger partial charge in [-0.2, -0.15) is 0 Å². The molecule has 0 unspecified atom stereocenters. The minimum absolute atomic E-state index is 0.928. The monoisotopic (exact) mass is 212 g/mol. The molecule has 14 heavy (non-hydrogen) atoms. The second kappa shape index (κ2) is 7.94. The zero-order valence-corrected chi connectivity index (χ0v) is 9.78. The molecule has 0 aliphatic rings. The lowest BCUT2D eigenvalue weighted by molar-refractivity contribution is 0.581. The van der Waals surface area contributed by atoms with E-state index in [2.05, 4.69) is 22.6 Å². The van der Waals surface area contributed by atoms with E-state index in [9.17, 15) is 0 Å². The van der Waals surface area contributed by atoms with Crippen LogP contribution in [-0.4, -0.2) is 11.5 Å². The Balaban J connectivity index is 1.85. The van der Waals surface area contributed by atoms with Gasteiger partial charge in [0, 0.05) is 11.9 Å². The van der Waals surface area contributed by atoms with E-state index < -0.39 is 0 Å². The molecule has 0 spiro atoms. The van der Waals surface area contributed by atoms with E-state index in [-0.39, 0.29) is 0 Å². The van der Waals surface area contributed by atoms with Crippen LogP contribution < -0.4 is 5.32 Å². The molecule has 1 heterocycles. The molecule has 80 valence electrons. The molecule has 0 radical (unpaired) electrons. The molecule has 0 amide bonds. The summed E-state index contributed by atoms with van der Waals surface area (Å²) < 4.78 is 0. The largest absolute Gasteiger partial charge is 0.311 e. The van der Waals surface area contributed by atoms with Crippen LogP contribution in [-0.2, 0) is 6.54 Å². The van der Waals surface area contributed by atoms with Crippen LogP contribution in [0.25, 0.3) is 0 Å². The first-order valence-corrected chi connectivity index (χ1v) is 6.45. The zero-order chi connectivity index (χ0) is 10.1. The van der Waals surface area contributed by atoms with E-state index in [1.807, 2.05) is 5.51 Å².